The molecule has 1 unspecified atom stereocenters. The zero-order valence-corrected chi connectivity index (χ0v) is 13.3. The summed E-state index contributed by atoms with van der Waals surface area (Å²) in [6.45, 7) is 1.76. The first kappa shape index (κ1) is 15.2. The zero-order chi connectivity index (χ0) is 15.4. The number of ether oxygens (including phenoxy) is 2. The van der Waals surface area contributed by atoms with Crippen molar-refractivity contribution < 1.29 is 14.3 Å². The number of rotatable bonds is 5. The number of nitrogens with zero attached hydrogens (tertiary/aromatic N) is 3. The fourth-order valence-corrected chi connectivity index (χ4v) is 2.25. The van der Waals surface area contributed by atoms with Gasteiger partial charge in [0.05, 0.1) is 20.3 Å². The normalized spacial score (nSPS) is 11.8. The number of benzene rings is 1. The largest absolute Gasteiger partial charge is 0.495 e. The molecule has 0 aliphatic heterocycles. The number of aromatic nitrogens is 4. The zero-order valence-electron chi connectivity index (χ0n) is 11.7. The van der Waals surface area contributed by atoms with Crippen molar-refractivity contribution in [3.05, 3.63) is 28.0 Å². The van der Waals surface area contributed by atoms with Crippen LogP contribution in [0.1, 0.15) is 29.1 Å². The first-order valence-corrected chi connectivity index (χ1v) is 6.81. The van der Waals surface area contributed by atoms with Crippen LogP contribution in [0.15, 0.2) is 16.6 Å². The van der Waals surface area contributed by atoms with Gasteiger partial charge in [0.25, 0.3) is 5.91 Å². The summed E-state index contributed by atoms with van der Waals surface area (Å²) < 4.78 is 11.1. The van der Waals surface area contributed by atoms with E-state index in [1.807, 2.05) is 0 Å². The summed E-state index contributed by atoms with van der Waals surface area (Å²) in [5.41, 5.74) is 0.405. The Bertz CT molecular complexity index is 607. The van der Waals surface area contributed by atoms with Crippen molar-refractivity contribution in [1.29, 1.82) is 0 Å². The van der Waals surface area contributed by atoms with Crippen molar-refractivity contribution in [2.24, 2.45) is 0 Å². The van der Waals surface area contributed by atoms with Crippen LogP contribution in [-0.4, -0.2) is 40.8 Å². The third kappa shape index (κ3) is 3.30. The third-order valence-corrected chi connectivity index (χ3v) is 3.59. The lowest BCUT2D eigenvalue weighted by molar-refractivity contribution is 0.0937. The van der Waals surface area contributed by atoms with Crippen molar-refractivity contribution in [1.82, 2.24) is 25.9 Å². The average molecular weight is 356 g/mol. The average Bonchev–Trinajstić information content (AvgIpc) is 3.01. The van der Waals surface area contributed by atoms with Crippen molar-refractivity contribution in [3.63, 3.8) is 0 Å². The molecule has 2 aromatic rings. The predicted octanol–water partition coefficient (Wildman–Crippen LogP) is 1.47. The summed E-state index contributed by atoms with van der Waals surface area (Å²) >= 11 is 3.35. The number of H-pyrrole nitrogens is 1. The molecular weight excluding hydrogens is 342 g/mol. The van der Waals surface area contributed by atoms with E-state index in [-0.39, 0.29) is 11.9 Å². The maximum Gasteiger partial charge on any atom is 0.252 e. The summed E-state index contributed by atoms with van der Waals surface area (Å²) in [5, 5.41) is 16.2. The van der Waals surface area contributed by atoms with Crippen LogP contribution in [0.2, 0.25) is 0 Å². The summed E-state index contributed by atoms with van der Waals surface area (Å²) in [5.74, 6) is 1.12. The molecule has 1 amide bonds. The van der Waals surface area contributed by atoms with E-state index in [2.05, 4.69) is 41.9 Å². The molecule has 0 aliphatic rings. The summed E-state index contributed by atoms with van der Waals surface area (Å²) in [6.07, 6.45) is 0. The van der Waals surface area contributed by atoms with Crippen molar-refractivity contribution in [3.8, 4) is 11.5 Å². The van der Waals surface area contributed by atoms with Crippen molar-refractivity contribution in [2.45, 2.75) is 13.0 Å². The maximum atomic E-state index is 12.3. The van der Waals surface area contributed by atoms with Crippen LogP contribution in [0.25, 0.3) is 0 Å². The van der Waals surface area contributed by atoms with Gasteiger partial charge in [-0.25, -0.2) is 0 Å². The minimum absolute atomic E-state index is 0.295. The van der Waals surface area contributed by atoms with Crippen LogP contribution in [0, 0.1) is 0 Å². The number of tetrazole rings is 1. The Kier molecular flexibility index (Phi) is 4.73. The molecular formula is C12H14BrN5O3. The van der Waals surface area contributed by atoms with Crippen molar-refractivity contribution in [2.75, 3.05) is 14.2 Å². The Morgan fingerprint density at radius 3 is 2.43 bits per heavy atom. The van der Waals surface area contributed by atoms with Gasteiger partial charge in [-0.2, -0.15) is 5.21 Å². The fourth-order valence-electron chi connectivity index (χ4n) is 1.70. The number of hydrogen-bond donors (Lipinski definition) is 2. The highest BCUT2D eigenvalue weighted by Crippen LogP contribution is 2.35. The van der Waals surface area contributed by atoms with Gasteiger partial charge in [0.2, 0.25) is 0 Å². The lowest BCUT2D eigenvalue weighted by Crippen LogP contribution is -2.27. The standard InChI is InChI=1S/C12H14BrN5O3/c1-6(11-15-17-18-16-11)14-12(19)7-4-8(20-2)10(13)9(5-7)21-3/h4-6H,1-3H3,(H,14,19)(H,15,16,17,18). The molecule has 0 bridgehead atoms. The van der Waals surface area contributed by atoms with Crippen LogP contribution in [0.5, 0.6) is 11.5 Å². The number of carbonyl (C=O) groups excluding carboxylic acids is 1. The summed E-state index contributed by atoms with van der Waals surface area (Å²) in [6, 6.07) is 2.85. The van der Waals surface area contributed by atoms with Gasteiger partial charge in [0.15, 0.2) is 5.82 Å². The Morgan fingerprint density at radius 1 is 1.33 bits per heavy atom. The maximum absolute atomic E-state index is 12.3. The highest BCUT2D eigenvalue weighted by atomic mass is 79.9. The molecule has 0 saturated heterocycles. The Balaban J connectivity index is 2.23. The SMILES string of the molecule is COc1cc(C(=O)NC(C)c2nn[nH]n2)cc(OC)c1Br. The van der Waals surface area contributed by atoms with Gasteiger partial charge in [-0.15, -0.1) is 10.2 Å². The number of aromatic amines is 1. The second-order valence-corrected chi connectivity index (χ2v) is 4.95. The van der Waals surface area contributed by atoms with Gasteiger partial charge in [-0.1, -0.05) is 5.21 Å². The minimum atomic E-state index is -0.378. The molecule has 21 heavy (non-hydrogen) atoms. The third-order valence-electron chi connectivity index (χ3n) is 2.80. The number of halogens is 1. The molecule has 0 saturated carbocycles. The lowest BCUT2D eigenvalue weighted by Gasteiger charge is -2.13. The quantitative estimate of drug-likeness (QED) is 0.841. The molecule has 9 heteroatoms. The Morgan fingerprint density at radius 2 is 1.95 bits per heavy atom. The number of amides is 1. The highest BCUT2D eigenvalue weighted by Gasteiger charge is 2.18. The lowest BCUT2D eigenvalue weighted by atomic mass is 10.1. The molecule has 112 valence electrons. The Hall–Kier alpha value is -2.16. The Labute approximate surface area is 129 Å². The molecule has 8 nitrogen and oxygen atoms in total. The topological polar surface area (TPSA) is 102 Å². The molecule has 2 N–H and O–H groups in total. The van der Waals surface area contributed by atoms with E-state index in [4.69, 9.17) is 9.47 Å². The molecule has 0 aliphatic carbocycles. The number of methoxy groups -OCH3 is 2. The van der Waals surface area contributed by atoms with Gasteiger partial charge in [-0.05, 0) is 35.0 Å². The van der Waals surface area contributed by atoms with E-state index >= 15 is 0 Å². The van der Waals surface area contributed by atoms with Gasteiger partial charge in [0.1, 0.15) is 16.0 Å². The molecule has 1 aromatic carbocycles. The van der Waals surface area contributed by atoms with E-state index < -0.39 is 0 Å². The number of carbonyl (C=O) groups is 1. The number of nitrogens with one attached hydrogen (secondary N) is 2. The number of hydrogen-bond acceptors (Lipinski definition) is 6. The molecule has 1 heterocycles. The van der Waals surface area contributed by atoms with Gasteiger partial charge >= 0.3 is 0 Å². The van der Waals surface area contributed by atoms with E-state index in [1.54, 1.807) is 19.1 Å². The van der Waals surface area contributed by atoms with Crippen LogP contribution in [0.3, 0.4) is 0 Å². The van der Waals surface area contributed by atoms with Gasteiger partial charge in [0, 0.05) is 5.56 Å². The molecule has 0 spiro atoms. The van der Waals surface area contributed by atoms with Crippen LogP contribution < -0.4 is 14.8 Å². The summed E-state index contributed by atoms with van der Waals surface area (Å²) in [7, 11) is 3.03. The predicted molar refractivity (Wildman–Crippen MR) is 77.3 cm³/mol. The van der Waals surface area contributed by atoms with E-state index in [1.165, 1.54) is 14.2 Å². The summed E-state index contributed by atoms with van der Waals surface area (Å²) in [4.78, 5) is 12.3. The van der Waals surface area contributed by atoms with Crippen molar-refractivity contribution >= 4 is 21.8 Å². The minimum Gasteiger partial charge on any atom is -0.495 e. The highest BCUT2D eigenvalue weighted by molar-refractivity contribution is 9.10. The molecule has 0 fully saturated rings. The monoisotopic (exact) mass is 355 g/mol. The molecule has 2 rings (SSSR count). The first-order valence-electron chi connectivity index (χ1n) is 6.02. The van der Waals surface area contributed by atoms with Crippen LogP contribution in [-0.2, 0) is 0 Å². The molecule has 0 radical (unpaired) electrons. The first-order chi connectivity index (χ1) is 10.1. The smallest absolute Gasteiger partial charge is 0.252 e. The second kappa shape index (κ2) is 6.53. The second-order valence-electron chi connectivity index (χ2n) is 4.16. The van der Waals surface area contributed by atoms with Crippen LogP contribution in [0.4, 0.5) is 0 Å². The van der Waals surface area contributed by atoms with E-state index in [0.29, 0.717) is 27.4 Å². The molecule has 1 atom stereocenters. The molecule has 1 aromatic heterocycles. The van der Waals surface area contributed by atoms with Gasteiger partial charge in [-0.3, -0.25) is 4.79 Å². The van der Waals surface area contributed by atoms with E-state index in [9.17, 15) is 4.79 Å². The van der Waals surface area contributed by atoms with E-state index in [0.717, 1.165) is 0 Å². The van der Waals surface area contributed by atoms with Gasteiger partial charge < -0.3 is 14.8 Å². The van der Waals surface area contributed by atoms with Crippen LogP contribution >= 0.6 is 15.9 Å². The fraction of sp³-hybridized carbons (Fsp3) is 0.333.